The standard InChI is InChI=1S/C20H15N5O2/c1-11-7-15(14-9-13(27-2)4-6-16(14)22-11)19(26)25-20-23-17-5-3-12(10-21)8-18(17)24-20/h3-9H,1-2H3,(H2,23,24,25,26). The summed E-state index contributed by atoms with van der Waals surface area (Å²) in [4.78, 5) is 24.7. The van der Waals surface area contributed by atoms with Crippen molar-refractivity contribution in [3.63, 3.8) is 0 Å². The molecular formula is C20H15N5O2. The first-order valence-electron chi connectivity index (χ1n) is 8.24. The van der Waals surface area contributed by atoms with Crippen LogP contribution in [0.1, 0.15) is 21.6 Å². The summed E-state index contributed by atoms with van der Waals surface area (Å²) >= 11 is 0. The van der Waals surface area contributed by atoms with Crippen LogP contribution in [0.4, 0.5) is 5.95 Å². The predicted octanol–water partition coefficient (Wildman–Crippen LogP) is 3.55. The Morgan fingerprint density at radius 2 is 1.96 bits per heavy atom. The van der Waals surface area contributed by atoms with Crippen molar-refractivity contribution in [2.75, 3.05) is 12.4 Å². The van der Waals surface area contributed by atoms with Crippen molar-refractivity contribution < 1.29 is 9.53 Å². The number of carbonyl (C=O) groups is 1. The maximum atomic E-state index is 12.9. The van der Waals surface area contributed by atoms with E-state index in [9.17, 15) is 4.79 Å². The predicted molar refractivity (Wildman–Crippen MR) is 102 cm³/mol. The highest BCUT2D eigenvalue weighted by Gasteiger charge is 2.15. The lowest BCUT2D eigenvalue weighted by molar-refractivity contribution is 0.102. The minimum absolute atomic E-state index is 0.307. The van der Waals surface area contributed by atoms with Gasteiger partial charge < -0.3 is 9.72 Å². The molecule has 0 unspecified atom stereocenters. The molecule has 7 heteroatoms. The van der Waals surface area contributed by atoms with Crippen molar-refractivity contribution in [1.82, 2.24) is 15.0 Å². The highest BCUT2D eigenvalue weighted by molar-refractivity contribution is 6.12. The van der Waals surface area contributed by atoms with E-state index in [1.807, 2.05) is 19.1 Å². The number of nitriles is 1. The van der Waals surface area contributed by atoms with Crippen LogP contribution in [0.25, 0.3) is 21.9 Å². The Balaban J connectivity index is 1.73. The number of nitrogens with one attached hydrogen (secondary N) is 2. The number of H-pyrrole nitrogens is 1. The molecule has 0 radical (unpaired) electrons. The van der Waals surface area contributed by atoms with E-state index in [1.54, 1.807) is 37.4 Å². The minimum atomic E-state index is -0.307. The number of hydrogen-bond acceptors (Lipinski definition) is 5. The van der Waals surface area contributed by atoms with E-state index in [-0.39, 0.29) is 5.91 Å². The van der Waals surface area contributed by atoms with Crippen LogP contribution in [-0.4, -0.2) is 28.0 Å². The Bertz CT molecular complexity index is 1240. The molecule has 0 aliphatic heterocycles. The van der Waals surface area contributed by atoms with Gasteiger partial charge in [-0.15, -0.1) is 0 Å². The van der Waals surface area contributed by atoms with Crippen molar-refractivity contribution in [2.45, 2.75) is 6.92 Å². The van der Waals surface area contributed by atoms with Crippen molar-refractivity contribution in [3.05, 3.63) is 59.3 Å². The molecule has 1 amide bonds. The fourth-order valence-electron chi connectivity index (χ4n) is 2.97. The SMILES string of the molecule is COc1ccc2nc(C)cc(C(=O)Nc3nc4ccc(C#N)cc4[nH]3)c2c1. The average Bonchev–Trinajstić information content (AvgIpc) is 3.08. The largest absolute Gasteiger partial charge is 0.497 e. The molecule has 4 aromatic rings. The number of aromatic amines is 1. The number of fused-ring (bicyclic) bond motifs is 2. The van der Waals surface area contributed by atoms with Gasteiger partial charge in [0, 0.05) is 11.1 Å². The van der Waals surface area contributed by atoms with Crippen LogP contribution in [0.5, 0.6) is 5.75 Å². The van der Waals surface area contributed by atoms with Gasteiger partial charge >= 0.3 is 0 Å². The molecule has 27 heavy (non-hydrogen) atoms. The zero-order valence-electron chi connectivity index (χ0n) is 14.7. The fourth-order valence-corrected chi connectivity index (χ4v) is 2.97. The Morgan fingerprint density at radius 3 is 2.74 bits per heavy atom. The average molecular weight is 357 g/mol. The molecule has 0 saturated heterocycles. The summed E-state index contributed by atoms with van der Waals surface area (Å²) in [5, 5.41) is 12.5. The third-order valence-electron chi connectivity index (χ3n) is 4.23. The Hall–Kier alpha value is -3.92. The van der Waals surface area contributed by atoms with E-state index in [2.05, 4.69) is 26.3 Å². The number of amides is 1. The maximum Gasteiger partial charge on any atom is 0.258 e. The molecule has 0 aliphatic rings. The van der Waals surface area contributed by atoms with Gasteiger partial charge in [0.25, 0.3) is 5.91 Å². The number of imidazole rings is 1. The fraction of sp³-hybridized carbons (Fsp3) is 0.100. The highest BCUT2D eigenvalue weighted by Crippen LogP contribution is 2.24. The lowest BCUT2D eigenvalue weighted by Gasteiger charge is -2.09. The van der Waals surface area contributed by atoms with E-state index in [4.69, 9.17) is 10.00 Å². The maximum absolute atomic E-state index is 12.9. The molecule has 7 nitrogen and oxygen atoms in total. The van der Waals surface area contributed by atoms with Gasteiger partial charge in [-0.2, -0.15) is 5.26 Å². The first kappa shape index (κ1) is 16.5. The quantitative estimate of drug-likeness (QED) is 0.583. The summed E-state index contributed by atoms with van der Waals surface area (Å²) in [6.07, 6.45) is 0. The van der Waals surface area contributed by atoms with Crippen LogP contribution in [0.15, 0.2) is 42.5 Å². The van der Waals surface area contributed by atoms with Crippen molar-refractivity contribution in [3.8, 4) is 11.8 Å². The number of rotatable bonds is 3. The van der Waals surface area contributed by atoms with Gasteiger partial charge in [-0.1, -0.05) is 0 Å². The van der Waals surface area contributed by atoms with E-state index < -0.39 is 0 Å². The number of pyridine rings is 1. The number of carbonyl (C=O) groups excluding carboxylic acids is 1. The van der Waals surface area contributed by atoms with Gasteiger partial charge in [0.2, 0.25) is 5.95 Å². The molecule has 0 aliphatic carbocycles. The Kier molecular flexibility index (Phi) is 3.94. The Morgan fingerprint density at radius 1 is 1.15 bits per heavy atom. The third-order valence-corrected chi connectivity index (χ3v) is 4.23. The van der Waals surface area contributed by atoms with Gasteiger partial charge in [0.1, 0.15) is 5.75 Å². The molecule has 4 rings (SSSR count). The van der Waals surface area contributed by atoms with E-state index >= 15 is 0 Å². The Labute approximate surface area is 154 Å². The molecule has 132 valence electrons. The van der Waals surface area contributed by atoms with Gasteiger partial charge in [0.15, 0.2) is 0 Å². The first-order valence-corrected chi connectivity index (χ1v) is 8.24. The zero-order valence-corrected chi connectivity index (χ0v) is 14.7. The van der Waals surface area contributed by atoms with E-state index in [0.717, 1.165) is 5.69 Å². The van der Waals surface area contributed by atoms with Gasteiger partial charge in [-0.25, -0.2) is 4.98 Å². The summed E-state index contributed by atoms with van der Waals surface area (Å²) in [5.41, 5.74) is 3.80. The topological polar surface area (TPSA) is 104 Å². The molecular weight excluding hydrogens is 342 g/mol. The van der Waals surface area contributed by atoms with Crippen LogP contribution >= 0.6 is 0 Å². The van der Waals surface area contributed by atoms with Crippen LogP contribution < -0.4 is 10.1 Å². The van der Waals surface area contributed by atoms with Crippen LogP contribution in [-0.2, 0) is 0 Å². The summed E-state index contributed by atoms with van der Waals surface area (Å²) in [6.45, 7) is 1.84. The smallest absolute Gasteiger partial charge is 0.258 e. The van der Waals surface area contributed by atoms with Crippen molar-refractivity contribution in [2.24, 2.45) is 0 Å². The lowest BCUT2D eigenvalue weighted by atomic mass is 10.1. The number of hydrogen-bond donors (Lipinski definition) is 2. The van der Waals surface area contributed by atoms with E-state index in [1.165, 1.54) is 0 Å². The second kappa shape index (κ2) is 6.42. The molecule has 2 heterocycles. The highest BCUT2D eigenvalue weighted by atomic mass is 16.5. The number of nitrogens with zero attached hydrogens (tertiary/aromatic N) is 3. The van der Waals surface area contributed by atoms with Gasteiger partial charge in [-0.3, -0.25) is 15.1 Å². The van der Waals surface area contributed by atoms with Crippen LogP contribution in [0.3, 0.4) is 0 Å². The summed E-state index contributed by atoms with van der Waals surface area (Å²) in [5.74, 6) is 0.656. The second-order valence-electron chi connectivity index (χ2n) is 6.08. The van der Waals surface area contributed by atoms with Gasteiger partial charge in [-0.05, 0) is 49.4 Å². The molecule has 0 saturated carbocycles. The summed E-state index contributed by atoms with van der Waals surface area (Å²) in [7, 11) is 1.58. The number of methoxy groups -OCH3 is 1. The molecule has 2 aromatic carbocycles. The minimum Gasteiger partial charge on any atom is -0.497 e. The number of anilines is 1. The molecule has 0 bridgehead atoms. The zero-order chi connectivity index (χ0) is 19.0. The molecule has 0 fully saturated rings. The van der Waals surface area contributed by atoms with Crippen LogP contribution in [0.2, 0.25) is 0 Å². The number of ether oxygens (including phenoxy) is 1. The number of aryl methyl sites for hydroxylation is 1. The number of aromatic nitrogens is 3. The molecule has 0 spiro atoms. The summed E-state index contributed by atoms with van der Waals surface area (Å²) < 4.78 is 5.26. The van der Waals surface area contributed by atoms with Crippen molar-refractivity contribution >= 4 is 33.8 Å². The second-order valence-corrected chi connectivity index (χ2v) is 6.08. The summed E-state index contributed by atoms with van der Waals surface area (Å²) in [6, 6.07) is 14.3. The van der Waals surface area contributed by atoms with Crippen molar-refractivity contribution in [1.29, 1.82) is 5.26 Å². The first-order chi connectivity index (χ1) is 13.1. The number of benzene rings is 2. The van der Waals surface area contributed by atoms with Gasteiger partial charge in [0.05, 0.1) is 40.9 Å². The lowest BCUT2D eigenvalue weighted by Crippen LogP contribution is -2.14. The normalized spacial score (nSPS) is 10.7. The van der Waals surface area contributed by atoms with Crippen LogP contribution in [0, 0.1) is 18.3 Å². The third kappa shape index (κ3) is 3.04. The monoisotopic (exact) mass is 357 g/mol. The molecule has 0 atom stereocenters. The molecule has 2 N–H and O–H groups in total. The molecule has 2 aromatic heterocycles. The van der Waals surface area contributed by atoms with E-state index in [0.29, 0.717) is 44.8 Å².